The van der Waals surface area contributed by atoms with Gasteiger partial charge in [0, 0.05) is 11.1 Å². The second kappa shape index (κ2) is 5.22. The highest BCUT2D eigenvalue weighted by atomic mass is 35.5. The van der Waals surface area contributed by atoms with Gasteiger partial charge in [-0.25, -0.2) is 0 Å². The third-order valence-electron chi connectivity index (χ3n) is 4.46. The molecule has 1 N–H and O–H groups in total. The first-order valence-corrected chi connectivity index (χ1v) is 7.60. The van der Waals surface area contributed by atoms with Gasteiger partial charge in [0.15, 0.2) is 0 Å². The summed E-state index contributed by atoms with van der Waals surface area (Å²) < 4.78 is 0. The summed E-state index contributed by atoms with van der Waals surface area (Å²) >= 11 is 6.04. The zero-order chi connectivity index (χ0) is 12.5. The van der Waals surface area contributed by atoms with Crippen molar-refractivity contribution in [2.24, 2.45) is 17.8 Å². The Kier molecular flexibility index (Phi) is 3.63. The predicted octanol–water partition coefficient (Wildman–Crippen LogP) is 4.43. The lowest BCUT2D eigenvalue weighted by Crippen LogP contribution is -2.28. The summed E-state index contributed by atoms with van der Waals surface area (Å²) in [6.07, 6.45) is 5.87. The van der Waals surface area contributed by atoms with Crippen LogP contribution >= 0.6 is 11.6 Å². The summed E-state index contributed by atoms with van der Waals surface area (Å²) in [5, 5.41) is 4.55. The molecule has 1 unspecified atom stereocenters. The largest absolute Gasteiger partial charge is 0.310 e. The highest BCUT2D eigenvalue weighted by Crippen LogP contribution is 2.48. The first kappa shape index (κ1) is 12.5. The van der Waals surface area contributed by atoms with E-state index in [0.29, 0.717) is 6.04 Å². The molecule has 18 heavy (non-hydrogen) atoms. The minimum Gasteiger partial charge on any atom is -0.310 e. The first-order chi connectivity index (χ1) is 8.74. The summed E-state index contributed by atoms with van der Waals surface area (Å²) in [5.74, 6) is 2.99. The molecule has 1 nitrogen and oxygen atoms in total. The minimum absolute atomic E-state index is 0.406. The van der Waals surface area contributed by atoms with Gasteiger partial charge in [0.25, 0.3) is 0 Å². The normalized spacial score (nSPS) is 21.3. The molecule has 2 saturated carbocycles. The van der Waals surface area contributed by atoms with Crippen molar-refractivity contribution in [1.82, 2.24) is 5.32 Å². The molecule has 1 aromatic carbocycles. The molecule has 3 rings (SSSR count). The molecule has 0 aromatic heterocycles. The monoisotopic (exact) mass is 263 g/mol. The smallest absolute Gasteiger partial charge is 0.0409 e. The van der Waals surface area contributed by atoms with Gasteiger partial charge in [0.05, 0.1) is 0 Å². The topological polar surface area (TPSA) is 12.0 Å². The fraction of sp³-hybridized carbons (Fsp3) is 0.625. The molecule has 0 amide bonds. The van der Waals surface area contributed by atoms with E-state index < -0.39 is 0 Å². The van der Waals surface area contributed by atoms with Crippen LogP contribution in [0.1, 0.15) is 44.2 Å². The molecule has 0 heterocycles. The van der Waals surface area contributed by atoms with Crippen LogP contribution in [0.25, 0.3) is 0 Å². The van der Waals surface area contributed by atoms with Crippen molar-refractivity contribution >= 4 is 11.6 Å². The van der Waals surface area contributed by atoms with Crippen LogP contribution < -0.4 is 5.32 Å². The van der Waals surface area contributed by atoms with Gasteiger partial charge in [-0.3, -0.25) is 0 Å². The first-order valence-electron chi connectivity index (χ1n) is 7.23. The Balaban J connectivity index is 1.55. The van der Waals surface area contributed by atoms with Gasteiger partial charge in [0.1, 0.15) is 0 Å². The maximum absolute atomic E-state index is 6.04. The van der Waals surface area contributed by atoms with E-state index in [2.05, 4.69) is 24.4 Å². The van der Waals surface area contributed by atoms with Crippen LogP contribution in [0.2, 0.25) is 5.02 Å². The van der Waals surface area contributed by atoms with Gasteiger partial charge in [-0.05, 0) is 74.6 Å². The van der Waals surface area contributed by atoms with Crippen molar-refractivity contribution < 1.29 is 0 Å². The number of rotatable bonds is 6. The summed E-state index contributed by atoms with van der Waals surface area (Å²) in [4.78, 5) is 0. The molecule has 2 aliphatic rings. The highest BCUT2D eigenvalue weighted by Gasteiger charge is 2.41. The van der Waals surface area contributed by atoms with Gasteiger partial charge < -0.3 is 5.32 Å². The molecule has 1 atom stereocenters. The third kappa shape index (κ3) is 3.07. The quantitative estimate of drug-likeness (QED) is 0.801. The van der Waals surface area contributed by atoms with Gasteiger partial charge in [-0.1, -0.05) is 23.7 Å². The Bertz CT molecular complexity index is 397. The molecule has 2 heteroatoms. The lowest BCUT2D eigenvalue weighted by molar-refractivity contribution is 0.362. The van der Waals surface area contributed by atoms with Crippen molar-refractivity contribution in [3.05, 3.63) is 34.9 Å². The van der Waals surface area contributed by atoms with Gasteiger partial charge in [-0.15, -0.1) is 0 Å². The third-order valence-corrected chi connectivity index (χ3v) is 4.70. The number of benzene rings is 1. The van der Waals surface area contributed by atoms with Crippen LogP contribution in [0.5, 0.6) is 0 Å². The van der Waals surface area contributed by atoms with Crippen LogP contribution in [-0.4, -0.2) is 6.54 Å². The van der Waals surface area contributed by atoms with Crippen molar-refractivity contribution in [3.8, 4) is 0 Å². The molecular formula is C16H22ClN. The maximum atomic E-state index is 6.04. The lowest BCUT2D eigenvalue weighted by Gasteiger charge is -2.20. The molecule has 1 aromatic rings. The summed E-state index contributed by atoms with van der Waals surface area (Å²) in [6.45, 7) is 3.42. The average molecular weight is 264 g/mol. The molecule has 98 valence electrons. The van der Waals surface area contributed by atoms with E-state index in [-0.39, 0.29) is 0 Å². The Morgan fingerprint density at radius 2 is 1.89 bits per heavy atom. The van der Waals surface area contributed by atoms with Crippen LogP contribution in [0.3, 0.4) is 0 Å². The number of halogens is 1. The number of hydrogen-bond donors (Lipinski definition) is 1. The molecule has 0 radical (unpaired) electrons. The van der Waals surface area contributed by atoms with E-state index >= 15 is 0 Å². The SMILES string of the molecule is CC(NCC(C1CC1)C1CC1)c1cccc(Cl)c1. The van der Waals surface area contributed by atoms with E-state index in [9.17, 15) is 0 Å². The van der Waals surface area contributed by atoms with E-state index in [1.165, 1.54) is 37.8 Å². The predicted molar refractivity (Wildman–Crippen MR) is 76.8 cm³/mol. The van der Waals surface area contributed by atoms with Gasteiger partial charge in [0.2, 0.25) is 0 Å². The Morgan fingerprint density at radius 1 is 1.22 bits per heavy atom. The van der Waals surface area contributed by atoms with Crippen molar-refractivity contribution in [3.63, 3.8) is 0 Å². The highest BCUT2D eigenvalue weighted by molar-refractivity contribution is 6.30. The van der Waals surface area contributed by atoms with E-state index in [4.69, 9.17) is 11.6 Å². The van der Waals surface area contributed by atoms with Crippen LogP contribution in [0, 0.1) is 17.8 Å². The minimum atomic E-state index is 0.406. The van der Waals surface area contributed by atoms with Gasteiger partial charge >= 0.3 is 0 Å². The summed E-state index contributed by atoms with van der Waals surface area (Å²) in [7, 11) is 0. The second-order valence-electron chi connectivity index (χ2n) is 6.02. The molecule has 0 aliphatic heterocycles. The Morgan fingerprint density at radius 3 is 2.44 bits per heavy atom. The fourth-order valence-electron chi connectivity index (χ4n) is 2.97. The standard InChI is InChI=1S/C16H22ClN/c1-11(14-3-2-4-15(17)9-14)18-10-16(12-5-6-12)13-7-8-13/h2-4,9,11-13,16,18H,5-8,10H2,1H3. The zero-order valence-electron chi connectivity index (χ0n) is 11.0. The molecule has 2 aliphatic carbocycles. The van der Waals surface area contributed by atoms with Crippen LogP contribution in [0.15, 0.2) is 24.3 Å². The van der Waals surface area contributed by atoms with Crippen molar-refractivity contribution in [2.45, 2.75) is 38.6 Å². The van der Waals surface area contributed by atoms with Crippen LogP contribution in [-0.2, 0) is 0 Å². The lowest BCUT2D eigenvalue weighted by atomic mass is 9.97. The number of hydrogen-bond acceptors (Lipinski definition) is 1. The Labute approximate surface area is 115 Å². The fourth-order valence-corrected chi connectivity index (χ4v) is 3.17. The van der Waals surface area contributed by atoms with E-state index in [1.807, 2.05) is 12.1 Å². The van der Waals surface area contributed by atoms with Gasteiger partial charge in [-0.2, -0.15) is 0 Å². The molecule has 0 spiro atoms. The molecular weight excluding hydrogens is 242 g/mol. The molecule has 0 saturated heterocycles. The van der Waals surface area contributed by atoms with Crippen molar-refractivity contribution in [2.75, 3.05) is 6.54 Å². The average Bonchev–Trinajstić information content (AvgIpc) is 3.23. The Hall–Kier alpha value is -0.530. The number of nitrogens with one attached hydrogen (secondary N) is 1. The zero-order valence-corrected chi connectivity index (χ0v) is 11.8. The van der Waals surface area contributed by atoms with Crippen molar-refractivity contribution in [1.29, 1.82) is 0 Å². The second-order valence-corrected chi connectivity index (χ2v) is 6.46. The van der Waals surface area contributed by atoms with E-state index in [1.54, 1.807) is 0 Å². The van der Waals surface area contributed by atoms with Crippen LogP contribution in [0.4, 0.5) is 0 Å². The van der Waals surface area contributed by atoms with E-state index in [0.717, 1.165) is 22.8 Å². The molecule has 2 fully saturated rings. The molecule has 0 bridgehead atoms. The maximum Gasteiger partial charge on any atom is 0.0409 e. The summed E-state index contributed by atoms with van der Waals surface area (Å²) in [6, 6.07) is 8.61. The summed E-state index contributed by atoms with van der Waals surface area (Å²) in [5.41, 5.74) is 1.30.